The summed E-state index contributed by atoms with van der Waals surface area (Å²) in [4.78, 5) is 4.34. The number of nitrogens with zero attached hydrogens (tertiary/aromatic N) is 3. The van der Waals surface area contributed by atoms with E-state index in [9.17, 15) is 8.42 Å². The van der Waals surface area contributed by atoms with Gasteiger partial charge in [0.25, 0.3) is 0 Å². The number of piperazine rings is 1. The minimum Gasteiger partial charge on any atom is -0.395 e. The number of sulfonamides is 1. The second kappa shape index (κ2) is 8.40. The van der Waals surface area contributed by atoms with Crippen molar-refractivity contribution in [2.75, 3.05) is 77.8 Å². The van der Waals surface area contributed by atoms with Gasteiger partial charge in [-0.25, -0.2) is 12.7 Å². The maximum absolute atomic E-state index is 12.5. The first-order chi connectivity index (χ1) is 10.1. The van der Waals surface area contributed by atoms with Crippen molar-refractivity contribution in [3.05, 3.63) is 0 Å². The van der Waals surface area contributed by atoms with Gasteiger partial charge in [-0.3, -0.25) is 9.80 Å². The molecule has 2 aliphatic heterocycles. The third-order valence-electron chi connectivity index (χ3n) is 4.23. The van der Waals surface area contributed by atoms with Gasteiger partial charge in [0.15, 0.2) is 0 Å². The van der Waals surface area contributed by atoms with Crippen LogP contribution in [0.5, 0.6) is 0 Å². The van der Waals surface area contributed by atoms with E-state index in [2.05, 4.69) is 15.1 Å². The van der Waals surface area contributed by atoms with Gasteiger partial charge in [0.1, 0.15) is 0 Å². The molecule has 0 radical (unpaired) electrons. The van der Waals surface area contributed by atoms with Gasteiger partial charge in [0.05, 0.1) is 12.4 Å². The third kappa shape index (κ3) is 5.46. The molecule has 21 heavy (non-hydrogen) atoms. The van der Waals surface area contributed by atoms with Gasteiger partial charge in [-0.1, -0.05) is 0 Å². The van der Waals surface area contributed by atoms with Crippen LogP contribution in [0, 0.1) is 0 Å². The van der Waals surface area contributed by atoms with Crippen molar-refractivity contribution in [2.45, 2.75) is 6.42 Å². The highest BCUT2D eigenvalue weighted by molar-refractivity contribution is 7.89. The quantitative estimate of drug-likeness (QED) is 0.603. The van der Waals surface area contributed by atoms with Crippen molar-refractivity contribution in [1.29, 1.82) is 0 Å². The van der Waals surface area contributed by atoms with Crippen molar-refractivity contribution in [3.8, 4) is 0 Å². The van der Waals surface area contributed by atoms with Gasteiger partial charge in [-0.2, -0.15) is 0 Å². The number of aliphatic hydroxyl groups excluding tert-OH is 1. The molecule has 8 heteroatoms. The minimum absolute atomic E-state index is 0.135. The Morgan fingerprint density at radius 2 is 1.62 bits per heavy atom. The SMILES string of the molecule is O=S(=O)(CCN1CCNCC1)N1CCCN(CCO)CC1. The number of hydrogen-bond donors (Lipinski definition) is 2. The third-order valence-corrected chi connectivity index (χ3v) is 6.08. The van der Waals surface area contributed by atoms with E-state index in [4.69, 9.17) is 5.11 Å². The fourth-order valence-corrected chi connectivity index (χ4v) is 4.41. The van der Waals surface area contributed by atoms with E-state index in [-0.39, 0.29) is 12.4 Å². The zero-order chi connectivity index (χ0) is 15.1. The van der Waals surface area contributed by atoms with Gasteiger partial charge in [-0.05, 0) is 13.0 Å². The molecule has 2 rings (SSSR count). The van der Waals surface area contributed by atoms with Crippen LogP contribution in [0.3, 0.4) is 0 Å². The minimum atomic E-state index is -3.16. The van der Waals surface area contributed by atoms with Crippen LogP contribution in [0.1, 0.15) is 6.42 Å². The first kappa shape index (κ1) is 17.1. The molecule has 2 heterocycles. The molecular formula is C13H28N4O3S. The summed E-state index contributed by atoms with van der Waals surface area (Å²) in [6.45, 7) is 7.87. The summed E-state index contributed by atoms with van der Waals surface area (Å²) in [6, 6.07) is 0. The lowest BCUT2D eigenvalue weighted by Gasteiger charge is -2.28. The molecule has 0 aromatic rings. The fraction of sp³-hybridized carbons (Fsp3) is 1.00. The lowest BCUT2D eigenvalue weighted by molar-refractivity contribution is 0.202. The zero-order valence-corrected chi connectivity index (χ0v) is 13.5. The Hall–Kier alpha value is -0.250. The maximum Gasteiger partial charge on any atom is 0.215 e. The Kier molecular flexibility index (Phi) is 6.84. The molecule has 2 N–H and O–H groups in total. The standard InChI is InChI=1S/C13H28N4O3S/c18-12-10-15-4-1-5-17(9-8-15)21(19,20)13-11-16-6-2-14-3-7-16/h14,18H,1-13H2. The van der Waals surface area contributed by atoms with Gasteiger partial charge in [0.2, 0.25) is 10.0 Å². The highest BCUT2D eigenvalue weighted by Crippen LogP contribution is 2.09. The monoisotopic (exact) mass is 320 g/mol. The van der Waals surface area contributed by atoms with E-state index in [0.29, 0.717) is 32.7 Å². The average Bonchev–Trinajstić information content (AvgIpc) is 2.73. The van der Waals surface area contributed by atoms with Crippen LogP contribution in [0.25, 0.3) is 0 Å². The highest BCUT2D eigenvalue weighted by atomic mass is 32.2. The molecule has 0 aliphatic carbocycles. The molecule has 0 unspecified atom stereocenters. The van der Waals surface area contributed by atoms with Crippen LogP contribution in [0.4, 0.5) is 0 Å². The lowest BCUT2D eigenvalue weighted by Crippen LogP contribution is -2.46. The second-order valence-electron chi connectivity index (χ2n) is 5.73. The normalized spacial score (nSPS) is 24.0. The summed E-state index contributed by atoms with van der Waals surface area (Å²) in [5, 5.41) is 12.3. The number of rotatable bonds is 6. The molecule has 0 atom stereocenters. The van der Waals surface area contributed by atoms with Crippen molar-refractivity contribution in [1.82, 2.24) is 19.4 Å². The van der Waals surface area contributed by atoms with E-state index >= 15 is 0 Å². The molecule has 0 spiro atoms. The van der Waals surface area contributed by atoms with Crippen molar-refractivity contribution >= 4 is 10.0 Å². The van der Waals surface area contributed by atoms with Crippen molar-refractivity contribution < 1.29 is 13.5 Å². The van der Waals surface area contributed by atoms with Crippen molar-refractivity contribution in [3.63, 3.8) is 0 Å². The molecule has 0 aromatic heterocycles. The number of aliphatic hydroxyl groups is 1. The van der Waals surface area contributed by atoms with Gasteiger partial charge in [-0.15, -0.1) is 0 Å². The topological polar surface area (TPSA) is 76.1 Å². The van der Waals surface area contributed by atoms with Crippen LogP contribution < -0.4 is 5.32 Å². The Labute approximate surface area is 127 Å². The predicted molar refractivity (Wildman–Crippen MR) is 82.8 cm³/mol. The number of nitrogens with one attached hydrogen (secondary N) is 1. The van der Waals surface area contributed by atoms with E-state index < -0.39 is 10.0 Å². The van der Waals surface area contributed by atoms with Crippen molar-refractivity contribution in [2.24, 2.45) is 0 Å². The predicted octanol–water partition coefficient (Wildman–Crippen LogP) is -1.78. The van der Waals surface area contributed by atoms with Crippen LogP contribution >= 0.6 is 0 Å². The average molecular weight is 320 g/mol. The van der Waals surface area contributed by atoms with E-state index in [1.54, 1.807) is 4.31 Å². The Bertz CT molecular complexity index is 398. The molecule has 2 saturated heterocycles. The Balaban J connectivity index is 1.80. The molecule has 0 bridgehead atoms. The van der Waals surface area contributed by atoms with Crippen LogP contribution in [0.2, 0.25) is 0 Å². The maximum atomic E-state index is 12.5. The summed E-state index contributed by atoms with van der Waals surface area (Å²) in [5.41, 5.74) is 0. The van der Waals surface area contributed by atoms with Gasteiger partial charge < -0.3 is 10.4 Å². The molecule has 0 amide bonds. The summed E-state index contributed by atoms with van der Waals surface area (Å²) in [6.07, 6.45) is 0.840. The summed E-state index contributed by atoms with van der Waals surface area (Å²) in [7, 11) is -3.16. The van der Waals surface area contributed by atoms with E-state index in [1.807, 2.05) is 0 Å². The molecule has 124 valence electrons. The highest BCUT2D eigenvalue weighted by Gasteiger charge is 2.25. The van der Waals surface area contributed by atoms with E-state index in [1.165, 1.54) is 0 Å². The largest absolute Gasteiger partial charge is 0.395 e. The van der Waals surface area contributed by atoms with Crippen LogP contribution in [0.15, 0.2) is 0 Å². The summed E-state index contributed by atoms with van der Waals surface area (Å²) < 4.78 is 26.6. The first-order valence-corrected chi connectivity index (χ1v) is 9.47. The van der Waals surface area contributed by atoms with Gasteiger partial charge in [0, 0.05) is 58.9 Å². The first-order valence-electron chi connectivity index (χ1n) is 7.86. The number of hydrogen-bond acceptors (Lipinski definition) is 6. The van der Waals surface area contributed by atoms with Gasteiger partial charge >= 0.3 is 0 Å². The lowest BCUT2D eigenvalue weighted by atomic mass is 10.4. The molecule has 7 nitrogen and oxygen atoms in total. The second-order valence-corrected chi connectivity index (χ2v) is 7.81. The summed E-state index contributed by atoms with van der Waals surface area (Å²) >= 11 is 0. The fourth-order valence-electron chi connectivity index (χ4n) is 2.90. The summed E-state index contributed by atoms with van der Waals surface area (Å²) in [5.74, 6) is 0.215. The molecule has 0 aromatic carbocycles. The number of β-amino-alcohol motifs (C(OH)–C–C–N with tert-alkyl or cyclic N) is 1. The Morgan fingerprint density at radius 3 is 2.33 bits per heavy atom. The molecule has 2 aliphatic rings. The van der Waals surface area contributed by atoms with Crippen LogP contribution in [-0.2, 0) is 10.0 Å². The van der Waals surface area contributed by atoms with Crippen LogP contribution in [-0.4, -0.2) is 105 Å². The smallest absolute Gasteiger partial charge is 0.215 e. The van der Waals surface area contributed by atoms with E-state index in [0.717, 1.165) is 39.1 Å². The molecular weight excluding hydrogens is 292 g/mol. The molecule has 2 fully saturated rings. The Morgan fingerprint density at radius 1 is 0.905 bits per heavy atom. The zero-order valence-electron chi connectivity index (χ0n) is 12.7. The molecule has 0 saturated carbocycles.